The van der Waals surface area contributed by atoms with Gasteiger partial charge in [0.05, 0.1) is 61.0 Å². The highest BCUT2D eigenvalue weighted by Gasteiger charge is 2.63. The van der Waals surface area contributed by atoms with E-state index in [9.17, 15) is 34.0 Å². The molecule has 7 aliphatic rings. The van der Waals surface area contributed by atoms with Crippen LogP contribution in [0, 0.1) is 52.1 Å². The van der Waals surface area contributed by atoms with E-state index in [4.69, 9.17) is 39.5 Å². The predicted octanol–water partition coefficient (Wildman–Crippen LogP) is 5.57. The summed E-state index contributed by atoms with van der Waals surface area (Å²) in [6, 6.07) is 2.32. The van der Waals surface area contributed by atoms with E-state index in [1.165, 1.54) is 38.5 Å². The van der Waals surface area contributed by atoms with E-state index in [-0.39, 0.29) is 50.0 Å². The average molecular weight is 957 g/mol. The molecule has 3 heterocycles. The molecule has 0 bridgehead atoms. The molecule has 15 unspecified atom stereocenters. The van der Waals surface area contributed by atoms with Gasteiger partial charge in [0, 0.05) is 38.5 Å². The lowest BCUT2D eigenvalue weighted by atomic mass is 9.47. The summed E-state index contributed by atoms with van der Waals surface area (Å²) < 4.78 is 54.5. The number of hydrogen-bond donors (Lipinski definition) is 8. The fourth-order valence-electron chi connectivity index (χ4n) is 12.5. The molecule has 1 aromatic rings. The number of rotatable bonds is 14. The number of fused-ring (bicyclic) bond motifs is 7. The predicted molar refractivity (Wildman–Crippen MR) is 239 cm³/mol. The zero-order valence-corrected chi connectivity index (χ0v) is 39.7. The fourth-order valence-corrected chi connectivity index (χ4v) is 12.5. The van der Waals surface area contributed by atoms with E-state index < -0.39 is 66.8 Å². The van der Waals surface area contributed by atoms with Gasteiger partial charge in [0.2, 0.25) is 0 Å². The van der Waals surface area contributed by atoms with Crippen LogP contribution < -0.4 is 0 Å². The van der Waals surface area contributed by atoms with Gasteiger partial charge in [0.25, 0.3) is 0 Å². The highest BCUT2D eigenvalue weighted by Crippen LogP contribution is 2.68. The minimum Gasteiger partial charge on any atom is -0.459 e. The van der Waals surface area contributed by atoms with Crippen molar-refractivity contribution in [3.8, 4) is 0 Å². The number of ether oxygens (including phenoxy) is 5. The third-order valence-corrected chi connectivity index (χ3v) is 16.5. The molecule has 0 amide bonds. The fraction of sp³-hybridized carbons (Fsp3) is 0.820. The molecule has 3 aliphatic heterocycles. The van der Waals surface area contributed by atoms with Crippen molar-refractivity contribution >= 4 is 5.97 Å². The maximum atomic E-state index is 13.3. The number of benzene rings is 1. The Morgan fingerprint density at radius 1 is 0.910 bits per heavy atom. The minimum absolute atomic E-state index is 0.0652. The maximum Gasteiger partial charge on any atom is 0.341 e. The quantitative estimate of drug-likeness (QED) is 0.0493. The van der Waals surface area contributed by atoms with Gasteiger partial charge >= 0.3 is 5.97 Å². The summed E-state index contributed by atoms with van der Waals surface area (Å²) in [5.74, 6) is 0.351. The first-order chi connectivity index (χ1) is 31.9. The van der Waals surface area contributed by atoms with Gasteiger partial charge in [0.1, 0.15) is 18.2 Å². The number of esters is 1. The second kappa shape index (κ2) is 24.3. The molecule has 0 spiro atoms. The Kier molecular flexibility index (Phi) is 19.6. The van der Waals surface area contributed by atoms with E-state index in [0.29, 0.717) is 61.2 Å². The SMILES string of the molecule is C[C@@H](CO)CCC1CC2C(CC3C4CC=C5CC(OC6CC(O)CC(CO)O6)CCC5(C)C4CCC23C)O1.C[C@@H]1OC(O)CCC1O.O=C(OC[C@H](OO)C(O)CCO)c1ccc(F)cc1F. The van der Waals surface area contributed by atoms with Crippen molar-refractivity contribution in [3.63, 3.8) is 0 Å². The van der Waals surface area contributed by atoms with Crippen molar-refractivity contribution in [2.24, 2.45) is 40.4 Å². The number of halogens is 2. The highest BCUT2D eigenvalue weighted by molar-refractivity contribution is 5.89. The zero-order valence-electron chi connectivity index (χ0n) is 39.7. The van der Waals surface area contributed by atoms with E-state index in [0.717, 1.165) is 55.6 Å². The van der Waals surface area contributed by atoms with Crippen LogP contribution in [-0.4, -0.2) is 141 Å². The molecule has 1 aromatic carbocycles. The minimum atomic E-state index is -1.28. The van der Waals surface area contributed by atoms with Gasteiger partial charge in [-0.25, -0.2) is 18.5 Å². The summed E-state index contributed by atoms with van der Waals surface area (Å²) in [5.41, 5.74) is 1.79. The topological polar surface area (TPSA) is 234 Å². The van der Waals surface area contributed by atoms with E-state index in [1.54, 1.807) is 12.5 Å². The molecule has 3 saturated heterocycles. The van der Waals surface area contributed by atoms with E-state index in [1.807, 2.05) is 0 Å². The summed E-state index contributed by atoms with van der Waals surface area (Å²) >= 11 is 0. The van der Waals surface area contributed by atoms with Crippen LogP contribution in [0.1, 0.15) is 134 Å². The number of aliphatic hydroxyl groups excluding tert-OH is 7. The largest absolute Gasteiger partial charge is 0.459 e. The Morgan fingerprint density at radius 2 is 1.69 bits per heavy atom. The van der Waals surface area contributed by atoms with E-state index in [2.05, 4.69) is 36.5 Å². The van der Waals surface area contributed by atoms with Gasteiger partial charge < -0.3 is 59.4 Å². The smallest absolute Gasteiger partial charge is 0.341 e. The van der Waals surface area contributed by atoms with Crippen molar-refractivity contribution in [1.29, 1.82) is 0 Å². The van der Waals surface area contributed by atoms with Crippen LogP contribution in [-0.2, 0) is 28.6 Å². The molecule has 8 rings (SSSR count). The second-order valence-corrected chi connectivity index (χ2v) is 20.9. The first-order valence-electron chi connectivity index (χ1n) is 24.7. The lowest BCUT2D eigenvalue weighted by Crippen LogP contribution is -2.51. The summed E-state index contributed by atoms with van der Waals surface area (Å²) in [4.78, 5) is 15.4. The molecule has 17 heteroatoms. The van der Waals surface area contributed by atoms with Crippen LogP contribution in [0.5, 0.6) is 0 Å². The van der Waals surface area contributed by atoms with Gasteiger partial charge in [-0.3, -0.25) is 5.26 Å². The Labute approximate surface area is 393 Å². The molecule has 8 N–H and O–H groups in total. The molecule has 0 radical (unpaired) electrons. The summed E-state index contributed by atoms with van der Waals surface area (Å²) in [7, 11) is 0. The van der Waals surface area contributed by atoms with Crippen molar-refractivity contribution in [2.75, 3.05) is 26.4 Å². The maximum absolute atomic E-state index is 13.3. The molecule has 3 saturated carbocycles. The summed E-state index contributed by atoms with van der Waals surface area (Å²) in [6.45, 7) is 8.34. The normalized spacial score (nSPS) is 39.1. The standard InChI is InChI=1S/C32H52O6.C12H14F2O6.C6H12O3/c1-19(17-33)4-6-22-15-28-29(36-22)16-27-25-7-5-20-12-23(37-30-14-21(35)13-24(18-34)38-30)8-10-31(20,2)26(25)9-11-32(27,28)3;13-7-1-2-8(9(14)5-7)12(17)19-6-11(20-18)10(16)3-4-15;1-4-5(7)2-3-6(8)9-4/h5,19,21-30,33-35H,4,6-18H2,1-3H3;1-2,5,10-11,15-16,18H,3-4,6H2;4-8H,2-3H2,1H3/t19-,21?,22?,23?,24?,25?,26?,27?,28?,29?,30?,31?,32?;10?,11-;4-,5?,6?/m100/s1. The number of aliphatic hydroxyl groups is 7. The van der Waals surface area contributed by atoms with E-state index >= 15 is 0 Å². The number of carbonyl (C=O) groups excluding carboxylic acids is 1. The molecule has 6 fully saturated rings. The first-order valence-corrected chi connectivity index (χ1v) is 24.7. The van der Waals surface area contributed by atoms with Crippen molar-refractivity contribution in [1.82, 2.24) is 0 Å². The van der Waals surface area contributed by atoms with Gasteiger partial charge in [-0.1, -0.05) is 32.4 Å². The van der Waals surface area contributed by atoms with Crippen LogP contribution in [0.3, 0.4) is 0 Å². The van der Waals surface area contributed by atoms with Crippen LogP contribution in [0.15, 0.2) is 29.8 Å². The monoisotopic (exact) mass is 957 g/mol. The van der Waals surface area contributed by atoms with Crippen molar-refractivity contribution in [2.45, 2.75) is 192 Å². The van der Waals surface area contributed by atoms with Crippen LogP contribution >= 0.6 is 0 Å². The van der Waals surface area contributed by atoms with Crippen LogP contribution in [0.2, 0.25) is 0 Å². The number of hydrogen-bond acceptors (Lipinski definition) is 15. The van der Waals surface area contributed by atoms with Gasteiger partial charge in [-0.2, -0.15) is 0 Å². The molecular weight excluding hydrogens is 879 g/mol. The lowest BCUT2D eigenvalue weighted by molar-refractivity contribution is -0.303. The number of carbonyl (C=O) groups is 1. The molecule has 0 aromatic heterocycles. The Morgan fingerprint density at radius 3 is 2.36 bits per heavy atom. The summed E-state index contributed by atoms with van der Waals surface area (Å²) in [5, 5.41) is 73.6. The lowest BCUT2D eigenvalue weighted by Gasteiger charge is -2.58. The number of allylic oxidation sites excluding steroid dienone is 1. The van der Waals surface area contributed by atoms with Crippen LogP contribution in [0.25, 0.3) is 0 Å². The third-order valence-electron chi connectivity index (χ3n) is 16.5. The molecule has 18 atom stereocenters. The van der Waals surface area contributed by atoms with Crippen molar-refractivity contribution < 1.29 is 83.2 Å². The van der Waals surface area contributed by atoms with Gasteiger partial charge in [-0.15, -0.1) is 0 Å². The molecule has 15 nitrogen and oxygen atoms in total. The van der Waals surface area contributed by atoms with Gasteiger partial charge in [0.15, 0.2) is 18.7 Å². The first kappa shape index (κ1) is 54.1. The summed E-state index contributed by atoms with van der Waals surface area (Å²) in [6.07, 6.45) is 12.3. The Hall–Kier alpha value is -2.23. The van der Waals surface area contributed by atoms with Crippen molar-refractivity contribution in [3.05, 3.63) is 47.0 Å². The molecular formula is C50H78F2O15. The Bertz CT molecular complexity index is 1760. The second-order valence-electron chi connectivity index (χ2n) is 20.9. The molecule has 382 valence electrons. The third kappa shape index (κ3) is 13.2. The van der Waals surface area contributed by atoms with Crippen LogP contribution in [0.4, 0.5) is 8.78 Å². The highest BCUT2D eigenvalue weighted by atomic mass is 19.1. The molecule has 67 heavy (non-hydrogen) atoms. The Balaban J connectivity index is 0.000000212. The molecule has 4 aliphatic carbocycles. The average Bonchev–Trinajstić information content (AvgIpc) is 3.83. The van der Waals surface area contributed by atoms with Gasteiger partial charge in [-0.05, 0) is 137 Å². The zero-order chi connectivity index (χ0) is 48.6.